The fourth-order valence-corrected chi connectivity index (χ4v) is 1.32. The number of hydrogen-bond acceptors (Lipinski definition) is 2. The molecule has 0 aromatic heterocycles. The first-order valence-electron chi connectivity index (χ1n) is 5.00. The van der Waals surface area contributed by atoms with E-state index in [1.165, 1.54) is 0 Å². The van der Waals surface area contributed by atoms with Gasteiger partial charge in [0, 0.05) is 11.4 Å². The molecular formula is C12H14ClNO. The van der Waals surface area contributed by atoms with E-state index in [2.05, 4.69) is 6.07 Å². The highest BCUT2D eigenvalue weighted by atomic mass is 35.5. The Morgan fingerprint density at radius 2 is 2.20 bits per heavy atom. The zero-order valence-electron chi connectivity index (χ0n) is 8.79. The Morgan fingerprint density at radius 3 is 2.87 bits per heavy atom. The van der Waals surface area contributed by atoms with Gasteiger partial charge in [-0.3, -0.25) is 0 Å². The second-order valence-corrected chi connectivity index (χ2v) is 3.78. The van der Waals surface area contributed by atoms with E-state index in [-0.39, 0.29) is 0 Å². The number of nitriles is 1. The Kier molecular flexibility index (Phi) is 5.00. The summed E-state index contributed by atoms with van der Waals surface area (Å²) in [6.07, 6.45) is 2.40. The van der Waals surface area contributed by atoms with Crippen molar-refractivity contribution >= 4 is 11.6 Å². The maximum absolute atomic E-state index is 8.34. The van der Waals surface area contributed by atoms with Gasteiger partial charge in [-0.15, -0.1) is 0 Å². The van der Waals surface area contributed by atoms with Crippen LogP contribution in [0.15, 0.2) is 18.2 Å². The van der Waals surface area contributed by atoms with Gasteiger partial charge in [0.2, 0.25) is 0 Å². The van der Waals surface area contributed by atoms with Gasteiger partial charge in [0.15, 0.2) is 0 Å². The van der Waals surface area contributed by atoms with Crippen molar-refractivity contribution in [3.05, 3.63) is 28.8 Å². The van der Waals surface area contributed by atoms with Gasteiger partial charge >= 0.3 is 0 Å². The Bertz CT molecular complexity index is 357. The number of rotatable bonds is 5. The molecule has 0 aliphatic rings. The Labute approximate surface area is 95.4 Å². The van der Waals surface area contributed by atoms with Crippen molar-refractivity contribution in [1.82, 2.24) is 0 Å². The molecule has 1 rings (SSSR count). The second-order valence-electron chi connectivity index (χ2n) is 3.37. The zero-order chi connectivity index (χ0) is 11.1. The minimum Gasteiger partial charge on any atom is -0.494 e. The van der Waals surface area contributed by atoms with Crippen LogP contribution in [0.3, 0.4) is 0 Å². The summed E-state index contributed by atoms with van der Waals surface area (Å²) in [5, 5.41) is 9.10. The van der Waals surface area contributed by atoms with Crippen LogP contribution < -0.4 is 4.74 Å². The quantitative estimate of drug-likeness (QED) is 0.713. The van der Waals surface area contributed by atoms with Gasteiger partial charge in [0.05, 0.1) is 12.7 Å². The maximum atomic E-state index is 8.34. The van der Waals surface area contributed by atoms with Gasteiger partial charge in [-0.25, -0.2) is 0 Å². The number of unbranched alkanes of at least 4 members (excludes halogenated alkanes) is 2. The molecule has 0 amide bonds. The molecule has 0 heterocycles. The van der Waals surface area contributed by atoms with Gasteiger partial charge in [-0.05, 0) is 43.5 Å². The van der Waals surface area contributed by atoms with Crippen molar-refractivity contribution in [2.45, 2.75) is 26.2 Å². The molecule has 0 aliphatic heterocycles. The van der Waals surface area contributed by atoms with Crippen molar-refractivity contribution in [1.29, 1.82) is 5.26 Å². The van der Waals surface area contributed by atoms with Gasteiger partial charge < -0.3 is 4.74 Å². The summed E-state index contributed by atoms with van der Waals surface area (Å²) in [7, 11) is 0. The van der Waals surface area contributed by atoms with E-state index in [1.807, 2.05) is 25.1 Å². The zero-order valence-corrected chi connectivity index (χ0v) is 9.55. The number of aryl methyl sites for hydroxylation is 1. The van der Waals surface area contributed by atoms with Gasteiger partial charge in [0.25, 0.3) is 0 Å². The van der Waals surface area contributed by atoms with E-state index < -0.39 is 0 Å². The summed E-state index contributed by atoms with van der Waals surface area (Å²) in [5.74, 6) is 0.842. The number of hydrogen-bond donors (Lipinski definition) is 0. The minimum atomic E-state index is 0.600. The fraction of sp³-hybridized carbons (Fsp3) is 0.417. The normalized spacial score (nSPS) is 9.67. The predicted molar refractivity (Wildman–Crippen MR) is 61.1 cm³/mol. The van der Waals surface area contributed by atoms with E-state index in [1.54, 1.807) is 0 Å². The van der Waals surface area contributed by atoms with E-state index in [4.69, 9.17) is 21.6 Å². The van der Waals surface area contributed by atoms with Crippen molar-refractivity contribution in [3.63, 3.8) is 0 Å². The molecule has 0 aliphatic carbocycles. The summed E-state index contributed by atoms with van der Waals surface area (Å²) in [6, 6.07) is 7.73. The average Bonchev–Trinajstić information content (AvgIpc) is 2.23. The van der Waals surface area contributed by atoms with E-state index in [0.717, 1.165) is 29.2 Å². The monoisotopic (exact) mass is 223 g/mol. The van der Waals surface area contributed by atoms with E-state index in [0.29, 0.717) is 13.0 Å². The molecule has 15 heavy (non-hydrogen) atoms. The van der Waals surface area contributed by atoms with Crippen LogP contribution in [0.4, 0.5) is 0 Å². The Hall–Kier alpha value is -1.20. The molecule has 0 fully saturated rings. The Balaban J connectivity index is 2.32. The lowest BCUT2D eigenvalue weighted by Gasteiger charge is -2.06. The van der Waals surface area contributed by atoms with Crippen LogP contribution in [-0.2, 0) is 0 Å². The third-order valence-corrected chi connectivity index (χ3v) is 2.51. The van der Waals surface area contributed by atoms with Crippen molar-refractivity contribution in [2.75, 3.05) is 6.61 Å². The van der Waals surface area contributed by atoms with Crippen molar-refractivity contribution in [2.24, 2.45) is 0 Å². The van der Waals surface area contributed by atoms with Gasteiger partial charge in [-0.2, -0.15) is 5.26 Å². The third-order valence-electron chi connectivity index (χ3n) is 2.08. The lowest BCUT2D eigenvalue weighted by molar-refractivity contribution is 0.307. The molecule has 3 heteroatoms. The van der Waals surface area contributed by atoms with Crippen LogP contribution in [-0.4, -0.2) is 6.61 Å². The van der Waals surface area contributed by atoms with Crippen LogP contribution in [0.25, 0.3) is 0 Å². The van der Waals surface area contributed by atoms with Crippen LogP contribution >= 0.6 is 11.6 Å². The summed E-state index contributed by atoms with van der Waals surface area (Å²) >= 11 is 5.89. The highest BCUT2D eigenvalue weighted by Crippen LogP contribution is 2.21. The molecule has 1 aromatic rings. The van der Waals surface area contributed by atoms with Crippen LogP contribution in [0.5, 0.6) is 5.75 Å². The van der Waals surface area contributed by atoms with Crippen molar-refractivity contribution < 1.29 is 4.74 Å². The number of nitrogens with zero attached hydrogens (tertiary/aromatic N) is 1. The maximum Gasteiger partial charge on any atom is 0.119 e. The molecule has 0 N–H and O–H groups in total. The fourth-order valence-electron chi connectivity index (χ4n) is 1.20. The van der Waals surface area contributed by atoms with Crippen molar-refractivity contribution in [3.8, 4) is 11.8 Å². The summed E-state index contributed by atoms with van der Waals surface area (Å²) in [6.45, 7) is 2.60. The SMILES string of the molecule is Cc1cc(OCCCCC#N)ccc1Cl. The molecule has 0 atom stereocenters. The molecule has 0 unspecified atom stereocenters. The molecule has 1 aromatic carbocycles. The third kappa shape index (κ3) is 4.22. The second kappa shape index (κ2) is 6.31. The molecule has 0 saturated heterocycles. The topological polar surface area (TPSA) is 33.0 Å². The summed E-state index contributed by atoms with van der Waals surface area (Å²) in [5.41, 5.74) is 1.02. The van der Waals surface area contributed by atoms with Crippen LogP contribution in [0, 0.1) is 18.3 Å². The van der Waals surface area contributed by atoms with E-state index >= 15 is 0 Å². The molecule has 0 spiro atoms. The number of ether oxygens (including phenoxy) is 1. The Morgan fingerprint density at radius 1 is 1.40 bits per heavy atom. The van der Waals surface area contributed by atoms with Crippen LogP contribution in [0.2, 0.25) is 5.02 Å². The summed E-state index contributed by atoms with van der Waals surface area (Å²) in [4.78, 5) is 0. The highest BCUT2D eigenvalue weighted by molar-refractivity contribution is 6.31. The molecular weight excluding hydrogens is 210 g/mol. The largest absolute Gasteiger partial charge is 0.494 e. The van der Waals surface area contributed by atoms with Gasteiger partial charge in [-0.1, -0.05) is 11.6 Å². The standard InChI is InChI=1S/C12H14ClNO/c1-10-9-11(5-6-12(10)13)15-8-4-2-3-7-14/h5-6,9H,2-4,8H2,1H3. The molecule has 0 saturated carbocycles. The van der Waals surface area contributed by atoms with Gasteiger partial charge in [0.1, 0.15) is 5.75 Å². The minimum absolute atomic E-state index is 0.600. The lowest BCUT2D eigenvalue weighted by Crippen LogP contribution is -1.97. The lowest BCUT2D eigenvalue weighted by atomic mass is 10.2. The average molecular weight is 224 g/mol. The predicted octanol–water partition coefficient (Wildman–Crippen LogP) is 3.72. The summed E-state index contributed by atoms with van der Waals surface area (Å²) < 4.78 is 5.52. The molecule has 2 nitrogen and oxygen atoms in total. The molecule has 0 bridgehead atoms. The first-order valence-corrected chi connectivity index (χ1v) is 5.37. The number of halogens is 1. The van der Waals surface area contributed by atoms with E-state index in [9.17, 15) is 0 Å². The first kappa shape index (κ1) is 11.9. The number of benzene rings is 1. The van der Waals surface area contributed by atoms with Crippen LogP contribution in [0.1, 0.15) is 24.8 Å². The first-order chi connectivity index (χ1) is 7.24. The molecule has 80 valence electrons. The highest BCUT2D eigenvalue weighted by Gasteiger charge is 1.98. The molecule has 0 radical (unpaired) electrons. The smallest absolute Gasteiger partial charge is 0.119 e.